The van der Waals surface area contributed by atoms with E-state index in [9.17, 15) is 15.0 Å². The third kappa shape index (κ3) is 7.56. The molecule has 2 aromatic rings. The molecule has 6 rings (SSSR count). The number of phenols is 1. The summed E-state index contributed by atoms with van der Waals surface area (Å²) in [5.41, 5.74) is 2.69. The number of hydrogen-bond acceptors (Lipinski definition) is 5. The monoisotopic (exact) mass is 689 g/mol. The number of fused-ring (bicyclic) bond motifs is 5. The third-order valence-corrected chi connectivity index (χ3v) is 14.9. The molecule has 4 fully saturated rings. The molecule has 0 spiro atoms. The van der Waals surface area contributed by atoms with Crippen LogP contribution in [0, 0.1) is 52.3 Å². The number of aliphatic hydroxyl groups excluding tert-OH is 1. The maximum Gasteiger partial charge on any atom is 0.224 e. The van der Waals surface area contributed by atoms with Gasteiger partial charge in [-0.05, 0) is 121 Å². The summed E-state index contributed by atoms with van der Waals surface area (Å²) in [6, 6.07) is 7.43. The summed E-state index contributed by atoms with van der Waals surface area (Å²) >= 11 is 0. The SMILES string of the molecule is CCC(=O)N(C(O)Cc1ccc(O)cc1)[C@H]1CC[C@@]2(C)C(C1)[C@H](NCCc1c[nH]cn1)C[C@H]1[C@@H]3CC[C@H](C(C)CCCC(C)C)[C@@]3(C)CC[C@@H]12. The average molecular weight is 689 g/mol. The van der Waals surface area contributed by atoms with Gasteiger partial charge in [-0.3, -0.25) is 4.79 Å². The molecule has 1 amide bonds. The number of rotatable bonds is 14. The zero-order chi connectivity index (χ0) is 35.6. The fraction of sp³-hybridized carbons (Fsp3) is 0.767. The molecule has 7 heteroatoms. The third-order valence-electron chi connectivity index (χ3n) is 14.9. The highest BCUT2D eigenvalue weighted by Gasteiger charge is 2.62. The Balaban J connectivity index is 1.23. The minimum atomic E-state index is -0.878. The largest absolute Gasteiger partial charge is 0.508 e. The van der Waals surface area contributed by atoms with Gasteiger partial charge in [-0.2, -0.15) is 0 Å². The fourth-order valence-electron chi connectivity index (χ4n) is 12.4. The smallest absolute Gasteiger partial charge is 0.224 e. The Morgan fingerprint density at radius 2 is 1.74 bits per heavy atom. The number of aromatic amines is 1. The lowest BCUT2D eigenvalue weighted by Gasteiger charge is -2.64. The number of benzene rings is 1. The molecule has 7 nitrogen and oxygen atoms in total. The second-order valence-electron chi connectivity index (χ2n) is 18.1. The summed E-state index contributed by atoms with van der Waals surface area (Å²) in [6.45, 7) is 15.4. The Hall–Kier alpha value is -2.38. The van der Waals surface area contributed by atoms with E-state index in [4.69, 9.17) is 0 Å². The molecule has 4 saturated carbocycles. The summed E-state index contributed by atoms with van der Waals surface area (Å²) in [5, 5.41) is 25.6. The number of aliphatic hydroxyl groups is 1. The number of hydrogen-bond donors (Lipinski definition) is 4. The van der Waals surface area contributed by atoms with Crippen LogP contribution < -0.4 is 5.32 Å². The molecule has 1 heterocycles. The first-order chi connectivity index (χ1) is 23.9. The molecule has 4 aliphatic rings. The lowest BCUT2D eigenvalue weighted by atomic mass is 9.43. The number of imidazole rings is 1. The van der Waals surface area contributed by atoms with E-state index in [0.29, 0.717) is 30.2 Å². The standard InChI is InChI=1S/C43H68N4O3/c1-7-40(49)47(41(50)23-30-11-13-33(48)14-12-30)32-17-20-43(6)37-18-21-42(5)35(29(4)10-8-9-28(2)3)15-16-36(42)34(37)25-39(38(43)24-32)45-22-19-31-26-44-27-46-31/h11-14,26-29,32,34-39,41,45,48,50H,7-10,15-25H2,1-6H3,(H,44,46)/t29?,32-,34-,35+,36-,37-,38?,39+,41?,42+,43+/m0/s1. The van der Waals surface area contributed by atoms with Crippen molar-refractivity contribution in [3.8, 4) is 5.75 Å². The fourth-order valence-corrected chi connectivity index (χ4v) is 12.4. The molecule has 4 aliphatic carbocycles. The lowest BCUT2D eigenvalue weighted by molar-refractivity contribution is -0.161. The normalized spacial score (nSPS) is 34.8. The molecule has 278 valence electrons. The van der Waals surface area contributed by atoms with Crippen LogP contribution in [0.2, 0.25) is 0 Å². The number of aromatic hydroxyl groups is 1. The van der Waals surface area contributed by atoms with Gasteiger partial charge in [-0.25, -0.2) is 4.98 Å². The van der Waals surface area contributed by atoms with Crippen LogP contribution in [0.25, 0.3) is 0 Å². The van der Waals surface area contributed by atoms with Crippen molar-refractivity contribution in [3.05, 3.63) is 48.0 Å². The molecule has 0 radical (unpaired) electrons. The van der Waals surface area contributed by atoms with Crippen molar-refractivity contribution in [1.29, 1.82) is 0 Å². The summed E-state index contributed by atoms with van der Waals surface area (Å²) in [5.74, 6) is 5.42. The van der Waals surface area contributed by atoms with E-state index in [1.807, 2.05) is 30.2 Å². The van der Waals surface area contributed by atoms with Crippen LogP contribution >= 0.6 is 0 Å². The highest BCUT2D eigenvalue weighted by molar-refractivity contribution is 5.76. The van der Waals surface area contributed by atoms with E-state index >= 15 is 0 Å². The van der Waals surface area contributed by atoms with E-state index in [2.05, 4.69) is 49.9 Å². The van der Waals surface area contributed by atoms with Crippen molar-refractivity contribution in [1.82, 2.24) is 20.2 Å². The molecule has 4 N–H and O–H groups in total. The molecule has 50 heavy (non-hydrogen) atoms. The Morgan fingerprint density at radius 1 is 1.00 bits per heavy atom. The lowest BCUT2D eigenvalue weighted by Crippen LogP contribution is -2.63. The van der Waals surface area contributed by atoms with E-state index in [1.54, 1.807) is 18.5 Å². The maximum absolute atomic E-state index is 13.6. The van der Waals surface area contributed by atoms with Gasteiger partial charge in [-0.15, -0.1) is 0 Å². The van der Waals surface area contributed by atoms with Gasteiger partial charge in [0.1, 0.15) is 12.0 Å². The van der Waals surface area contributed by atoms with Crippen LogP contribution in [0.3, 0.4) is 0 Å². The number of nitrogens with zero attached hydrogens (tertiary/aromatic N) is 2. The highest BCUT2D eigenvalue weighted by atomic mass is 16.3. The number of carbonyl (C=O) groups is 1. The molecule has 1 aromatic heterocycles. The average Bonchev–Trinajstić information content (AvgIpc) is 3.73. The number of phenolic OH excluding ortho intramolecular Hbond substituents is 1. The number of H-pyrrole nitrogens is 1. The van der Waals surface area contributed by atoms with E-state index in [-0.39, 0.29) is 23.1 Å². The van der Waals surface area contributed by atoms with Crippen molar-refractivity contribution in [2.24, 2.45) is 52.3 Å². The molecule has 3 unspecified atom stereocenters. The van der Waals surface area contributed by atoms with Gasteiger partial charge >= 0.3 is 0 Å². The zero-order valence-corrected chi connectivity index (χ0v) is 32.0. The maximum atomic E-state index is 13.6. The van der Waals surface area contributed by atoms with Crippen LogP contribution in [0.4, 0.5) is 0 Å². The van der Waals surface area contributed by atoms with Gasteiger partial charge in [0.2, 0.25) is 5.91 Å². The number of carbonyl (C=O) groups excluding carboxylic acids is 1. The first-order valence-electron chi connectivity index (χ1n) is 20.4. The minimum absolute atomic E-state index is 0.0243. The predicted molar refractivity (Wildman–Crippen MR) is 201 cm³/mol. The van der Waals surface area contributed by atoms with Crippen LogP contribution in [0.15, 0.2) is 36.8 Å². The Bertz CT molecular complexity index is 1380. The Morgan fingerprint density at radius 3 is 2.44 bits per heavy atom. The molecule has 0 aliphatic heterocycles. The number of amides is 1. The van der Waals surface area contributed by atoms with Crippen molar-refractivity contribution < 1.29 is 15.0 Å². The van der Waals surface area contributed by atoms with Gasteiger partial charge in [0, 0.05) is 44.1 Å². The first-order valence-corrected chi connectivity index (χ1v) is 20.4. The molecule has 1 aromatic carbocycles. The first kappa shape index (κ1) is 37.4. The molecule has 0 saturated heterocycles. The molecular weight excluding hydrogens is 620 g/mol. The number of nitrogens with one attached hydrogen (secondary N) is 2. The Kier molecular flexibility index (Phi) is 11.7. The van der Waals surface area contributed by atoms with Gasteiger partial charge in [0.15, 0.2) is 0 Å². The second kappa shape index (κ2) is 15.7. The highest BCUT2D eigenvalue weighted by Crippen LogP contribution is 2.68. The van der Waals surface area contributed by atoms with Crippen LogP contribution in [-0.2, 0) is 17.6 Å². The quantitative estimate of drug-likeness (QED) is 0.149. The van der Waals surface area contributed by atoms with Crippen molar-refractivity contribution in [2.45, 2.75) is 150 Å². The summed E-state index contributed by atoms with van der Waals surface area (Å²) in [6.07, 6.45) is 18.4. The molecule has 11 atom stereocenters. The van der Waals surface area contributed by atoms with Gasteiger partial charge < -0.3 is 25.4 Å². The van der Waals surface area contributed by atoms with E-state index in [0.717, 1.165) is 79.0 Å². The minimum Gasteiger partial charge on any atom is -0.508 e. The number of aromatic nitrogens is 2. The van der Waals surface area contributed by atoms with Crippen LogP contribution in [-0.4, -0.2) is 55.8 Å². The van der Waals surface area contributed by atoms with Gasteiger partial charge in [0.25, 0.3) is 0 Å². The van der Waals surface area contributed by atoms with Crippen LogP contribution in [0.1, 0.15) is 130 Å². The van der Waals surface area contributed by atoms with Crippen molar-refractivity contribution in [3.63, 3.8) is 0 Å². The summed E-state index contributed by atoms with van der Waals surface area (Å²) < 4.78 is 0. The van der Waals surface area contributed by atoms with Crippen LogP contribution in [0.5, 0.6) is 5.75 Å². The summed E-state index contributed by atoms with van der Waals surface area (Å²) in [4.78, 5) is 23.1. The summed E-state index contributed by atoms with van der Waals surface area (Å²) in [7, 11) is 0. The second-order valence-corrected chi connectivity index (χ2v) is 18.1. The zero-order valence-electron chi connectivity index (χ0n) is 32.0. The van der Waals surface area contributed by atoms with Crippen molar-refractivity contribution in [2.75, 3.05) is 6.54 Å². The van der Waals surface area contributed by atoms with Crippen molar-refractivity contribution >= 4 is 5.91 Å². The Labute approximate surface area is 302 Å². The van der Waals surface area contributed by atoms with Gasteiger partial charge in [-0.1, -0.05) is 72.9 Å². The van der Waals surface area contributed by atoms with E-state index in [1.165, 1.54) is 51.4 Å². The van der Waals surface area contributed by atoms with E-state index < -0.39 is 6.23 Å². The molecular formula is C43H68N4O3. The predicted octanol–water partition coefficient (Wildman–Crippen LogP) is 8.52. The van der Waals surface area contributed by atoms with Gasteiger partial charge in [0.05, 0.1) is 12.0 Å². The topological polar surface area (TPSA) is 101 Å². The molecule has 0 bridgehead atoms.